The number of rotatable bonds is 7. The molecule has 1 atom stereocenters. The SMILES string of the molecule is CCC(COc1nn(Cc2ccccc2)c2ccc(Cl)cc12)N1C(=O)c2ccccc2C1=O. The summed E-state index contributed by atoms with van der Waals surface area (Å²) >= 11 is 6.25. The summed E-state index contributed by atoms with van der Waals surface area (Å²) in [5, 5.41) is 6.05. The zero-order valence-electron chi connectivity index (χ0n) is 18.1. The van der Waals surface area contributed by atoms with Gasteiger partial charge >= 0.3 is 0 Å². The fraction of sp³-hybridized carbons (Fsp3) is 0.192. The number of nitrogens with zero attached hydrogens (tertiary/aromatic N) is 3. The van der Waals surface area contributed by atoms with Crippen LogP contribution in [-0.2, 0) is 6.54 Å². The van der Waals surface area contributed by atoms with Crippen molar-refractivity contribution in [1.82, 2.24) is 14.7 Å². The van der Waals surface area contributed by atoms with Gasteiger partial charge in [0.25, 0.3) is 11.8 Å². The highest BCUT2D eigenvalue weighted by atomic mass is 35.5. The van der Waals surface area contributed by atoms with Gasteiger partial charge in [0.1, 0.15) is 6.61 Å². The molecule has 0 bridgehead atoms. The van der Waals surface area contributed by atoms with Crippen molar-refractivity contribution in [1.29, 1.82) is 0 Å². The minimum Gasteiger partial charge on any atom is -0.474 e. The number of hydrogen-bond acceptors (Lipinski definition) is 4. The van der Waals surface area contributed by atoms with Crippen molar-refractivity contribution in [2.24, 2.45) is 0 Å². The molecule has 166 valence electrons. The number of carbonyl (C=O) groups excluding carboxylic acids is 2. The van der Waals surface area contributed by atoms with Gasteiger partial charge in [0.05, 0.1) is 34.6 Å². The number of aromatic nitrogens is 2. The lowest BCUT2D eigenvalue weighted by Crippen LogP contribution is -2.43. The van der Waals surface area contributed by atoms with E-state index in [2.05, 4.69) is 5.10 Å². The summed E-state index contributed by atoms with van der Waals surface area (Å²) in [6.07, 6.45) is 0.564. The van der Waals surface area contributed by atoms with Crippen LogP contribution >= 0.6 is 11.6 Å². The Hall–Kier alpha value is -3.64. The van der Waals surface area contributed by atoms with Gasteiger partial charge in [0.2, 0.25) is 5.88 Å². The number of halogens is 1. The Labute approximate surface area is 196 Å². The lowest BCUT2D eigenvalue weighted by atomic mass is 10.1. The molecule has 0 N–H and O–H groups in total. The molecular formula is C26H22ClN3O3. The standard InChI is InChI=1S/C26H22ClN3O3/c1-2-19(30-25(31)20-10-6-7-11-21(20)26(30)32)16-33-24-22-14-18(27)12-13-23(22)29(28-24)15-17-8-4-3-5-9-17/h3-14,19H,2,15-16H2,1H3. The Morgan fingerprint density at radius 3 is 2.27 bits per heavy atom. The second-order valence-corrected chi connectivity index (χ2v) is 8.45. The highest BCUT2D eigenvalue weighted by Crippen LogP contribution is 2.30. The van der Waals surface area contributed by atoms with Gasteiger partial charge in [-0.3, -0.25) is 19.2 Å². The highest BCUT2D eigenvalue weighted by Gasteiger charge is 2.39. The van der Waals surface area contributed by atoms with Crippen LogP contribution in [0.2, 0.25) is 5.02 Å². The van der Waals surface area contributed by atoms with Gasteiger partial charge in [-0.1, -0.05) is 61.0 Å². The Bertz CT molecular complexity index is 1310. The van der Waals surface area contributed by atoms with Crippen LogP contribution in [0, 0.1) is 0 Å². The molecule has 2 amide bonds. The largest absolute Gasteiger partial charge is 0.474 e. The molecule has 0 fully saturated rings. The second kappa shape index (κ2) is 8.71. The van der Waals surface area contributed by atoms with Gasteiger partial charge in [-0.05, 0) is 42.3 Å². The summed E-state index contributed by atoms with van der Waals surface area (Å²) in [5.74, 6) is -0.138. The smallest absolute Gasteiger partial charge is 0.261 e. The molecule has 7 heteroatoms. The number of fused-ring (bicyclic) bond motifs is 2. The van der Waals surface area contributed by atoms with Crippen LogP contribution in [0.4, 0.5) is 0 Å². The molecule has 5 rings (SSSR count). The third kappa shape index (κ3) is 3.87. The molecule has 0 radical (unpaired) electrons. The molecule has 4 aromatic rings. The first-order valence-electron chi connectivity index (χ1n) is 10.9. The first-order valence-corrected chi connectivity index (χ1v) is 11.2. The molecule has 33 heavy (non-hydrogen) atoms. The lowest BCUT2D eigenvalue weighted by molar-refractivity contribution is 0.0525. The average molecular weight is 460 g/mol. The Balaban J connectivity index is 1.41. The van der Waals surface area contributed by atoms with Crippen LogP contribution in [0.25, 0.3) is 10.9 Å². The lowest BCUT2D eigenvalue weighted by Gasteiger charge is -2.24. The van der Waals surface area contributed by atoms with E-state index < -0.39 is 6.04 Å². The molecule has 0 aliphatic carbocycles. The first kappa shape index (κ1) is 21.2. The van der Waals surface area contributed by atoms with Crippen molar-refractivity contribution in [3.8, 4) is 5.88 Å². The van der Waals surface area contributed by atoms with Crippen LogP contribution in [0.15, 0.2) is 72.8 Å². The predicted molar refractivity (Wildman–Crippen MR) is 127 cm³/mol. The second-order valence-electron chi connectivity index (χ2n) is 8.01. The summed E-state index contributed by atoms with van der Waals surface area (Å²) in [5.41, 5.74) is 2.88. The summed E-state index contributed by atoms with van der Waals surface area (Å²) in [6.45, 7) is 2.66. The van der Waals surface area contributed by atoms with E-state index in [0.717, 1.165) is 16.5 Å². The molecule has 1 unspecified atom stereocenters. The zero-order chi connectivity index (χ0) is 22.9. The minimum atomic E-state index is -0.411. The van der Waals surface area contributed by atoms with Crippen LogP contribution < -0.4 is 4.74 Å². The Kier molecular flexibility index (Phi) is 5.60. The predicted octanol–water partition coefficient (Wildman–Crippen LogP) is 5.19. The molecule has 0 saturated heterocycles. The maximum atomic E-state index is 12.9. The van der Waals surface area contributed by atoms with Crippen molar-refractivity contribution in [2.75, 3.05) is 6.61 Å². The third-order valence-corrected chi connectivity index (χ3v) is 6.16. The Morgan fingerprint density at radius 1 is 0.939 bits per heavy atom. The number of amides is 2. The van der Waals surface area contributed by atoms with Gasteiger partial charge in [-0.25, -0.2) is 0 Å². The van der Waals surface area contributed by atoms with Gasteiger partial charge in [0.15, 0.2) is 0 Å². The number of benzene rings is 3. The van der Waals surface area contributed by atoms with Gasteiger partial charge in [-0.2, -0.15) is 0 Å². The van der Waals surface area contributed by atoms with Crippen LogP contribution in [-0.4, -0.2) is 39.1 Å². The van der Waals surface area contributed by atoms with Crippen LogP contribution in [0.3, 0.4) is 0 Å². The molecule has 1 aliphatic rings. The van der Waals surface area contributed by atoms with E-state index in [1.807, 2.05) is 60.1 Å². The molecule has 2 heterocycles. The van der Waals surface area contributed by atoms with Crippen molar-refractivity contribution in [3.05, 3.63) is 94.5 Å². The van der Waals surface area contributed by atoms with E-state index in [0.29, 0.717) is 35.0 Å². The topological polar surface area (TPSA) is 64.4 Å². The molecule has 0 saturated carbocycles. The average Bonchev–Trinajstić information content (AvgIpc) is 3.30. The fourth-order valence-corrected chi connectivity index (χ4v) is 4.37. The molecule has 1 aromatic heterocycles. The minimum absolute atomic E-state index is 0.145. The summed E-state index contributed by atoms with van der Waals surface area (Å²) in [7, 11) is 0. The van der Waals surface area contributed by atoms with Gasteiger partial charge in [0, 0.05) is 5.02 Å². The molecule has 0 spiro atoms. The van der Waals surface area contributed by atoms with Gasteiger partial charge < -0.3 is 4.74 Å². The molecular weight excluding hydrogens is 438 g/mol. The van der Waals surface area contributed by atoms with E-state index in [1.54, 1.807) is 24.3 Å². The van der Waals surface area contributed by atoms with E-state index in [9.17, 15) is 9.59 Å². The van der Waals surface area contributed by atoms with Crippen molar-refractivity contribution < 1.29 is 14.3 Å². The van der Waals surface area contributed by atoms with E-state index >= 15 is 0 Å². The maximum Gasteiger partial charge on any atom is 0.261 e. The van der Waals surface area contributed by atoms with E-state index in [4.69, 9.17) is 16.3 Å². The molecule has 6 nitrogen and oxygen atoms in total. The fourth-order valence-electron chi connectivity index (χ4n) is 4.20. The van der Waals surface area contributed by atoms with Crippen LogP contribution in [0.5, 0.6) is 5.88 Å². The highest BCUT2D eigenvalue weighted by molar-refractivity contribution is 6.31. The number of carbonyl (C=O) groups is 2. The monoisotopic (exact) mass is 459 g/mol. The van der Waals surface area contributed by atoms with Crippen molar-refractivity contribution >= 4 is 34.3 Å². The quantitative estimate of drug-likeness (QED) is 0.357. The molecule has 1 aliphatic heterocycles. The Morgan fingerprint density at radius 2 is 1.61 bits per heavy atom. The number of ether oxygens (including phenoxy) is 1. The number of imide groups is 1. The summed E-state index contributed by atoms with van der Waals surface area (Å²) in [4.78, 5) is 27.1. The summed E-state index contributed by atoms with van der Waals surface area (Å²) in [6, 6.07) is 22.1. The zero-order valence-corrected chi connectivity index (χ0v) is 18.8. The molecule has 3 aromatic carbocycles. The van der Waals surface area contributed by atoms with Crippen molar-refractivity contribution in [3.63, 3.8) is 0 Å². The van der Waals surface area contributed by atoms with E-state index in [1.165, 1.54) is 4.90 Å². The number of hydrogen-bond donors (Lipinski definition) is 0. The van der Waals surface area contributed by atoms with Gasteiger partial charge in [-0.15, -0.1) is 5.10 Å². The normalized spacial score (nSPS) is 14.1. The van der Waals surface area contributed by atoms with Crippen LogP contribution in [0.1, 0.15) is 39.6 Å². The maximum absolute atomic E-state index is 12.9. The summed E-state index contributed by atoms with van der Waals surface area (Å²) < 4.78 is 7.99. The third-order valence-electron chi connectivity index (χ3n) is 5.93. The first-order chi connectivity index (χ1) is 16.1. The van der Waals surface area contributed by atoms with Crippen molar-refractivity contribution in [2.45, 2.75) is 25.9 Å². The van der Waals surface area contributed by atoms with E-state index in [-0.39, 0.29) is 18.4 Å².